The number of carbonyl (C=O) groups excluding carboxylic acids is 1. The third-order valence-corrected chi connectivity index (χ3v) is 5.04. The number of carbonyl (C=O) groups is 1. The zero-order valence-corrected chi connectivity index (χ0v) is 12.8. The van der Waals surface area contributed by atoms with E-state index in [4.69, 9.17) is 0 Å². The molecular formula is C16H15N3OS. The Kier molecular flexibility index (Phi) is 2.57. The highest BCUT2D eigenvalue weighted by Gasteiger charge is 2.35. The van der Waals surface area contributed by atoms with Crippen LogP contribution in [0.25, 0.3) is 16.3 Å². The van der Waals surface area contributed by atoms with Crippen LogP contribution in [0, 0.1) is 5.41 Å². The second kappa shape index (κ2) is 4.24. The first-order valence-corrected chi connectivity index (χ1v) is 7.82. The topological polar surface area (TPSA) is 47.3 Å². The smallest absolute Gasteiger partial charge is 0.217 e. The summed E-state index contributed by atoms with van der Waals surface area (Å²) in [4.78, 5) is 14.0. The van der Waals surface area contributed by atoms with E-state index in [0.717, 1.165) is 33.3 Å². The minimum atomic E-state index is -0.00366. The highest BCUT2D eigenvalue weighted by molar-refractivity contribution is 7.19. The number of ketones is 1. The number of nitrogens with zero attached hydrogens (tertiary/aromatic N) is 3. The molecule has 3 aromatic rings. The Morgan fingerprint density at radius 1 is 1.14 bits per heavy atom. The van der Waals surface area contributed by atoms with Crippen LogP contribution in [-0.2, 0) is 6.42 Å². The van der Waals surface area contributed by atoms with Crippen LogP contribution in [0.4, 0.5) is 0 Å². The molecule has 0 N–H and O–H groups in total. The Balaban J connectivity index is 1.99. The summed E-state index contributed by atoms with van der Waals surface area (Å²) in [5, 5.41) is 8.58. The van der Waals surface area contributed by atoms with E-state index >= 15 is 0 Å². The maximum atomic E-state index is 12.4. The largest absolute Gasteiger partial charge is 0.293 e. The number of aromatic nitrogens is 3. The minimum Gasteiger partial charge on any atom is -0.293 e. The first kappa shape index (κ1) is 12.7. The van der Waals surface area contributed by atoms with E-state index in [9.17, 15) is 4.79 Å². The monoisotopic (exact) mass is 297 g/mol. The average Bonchev–Trinajstić information content (AvgIpc) is 2.99. The highest BCUT2D eigenvalue weighted by Crippen LogP contribution is 2.39. The van der Waals surface area contributed by atoms with Gasteiger partial charge < -0.3 is 0 Å². The summed E-state index contributed by atoms with van der Waals surface area (Å²) in [6, 6.07) is 10.0. The van der Waals surface area contributed by atoms with Crippen LogP contribution < -0.4 is 0 Å². The predicted octanol–water partition coefficient (Wildman–Crippen LogP) is 3.61. The van der Waals surface area contributed by atoms with Gasteiger partial charge in [0.2, 0.25) is 4.96 Å². The van der Waals surface area contributed by atoms with Gasteiger partial charge in [-0.1, -0.05) is 55.5 Å². The molecular weight excluding hydrogens is 282 g/mol. The lowest BCUT2D eigenvalue weighted by molar-refractivity contribution is 0.0915. The molecule has 1 aromatic carbocycles. The SMILES string of the molecule is CC1(C)CC(=O)c2sc3nnc(-c4ccccc4)n3c2C1. The molecule has 2 aromatic heterocycles. The van der Waals surface area contributed by atoms with Gasteiger partial charge >= 0.3 is 0 Å². The van der Waals surface area contributed by atoms with E-state index in [1.807, 2.05) is 30.3 Å². The molecule has 0 saturated heterocycles. The van der Waals surface area contributed by atoms with Gasteiger partial charge in [0.05, 0.1) is 4.88 Å². The molecule has 0 radical (unpaired) electrons. The molecule has 1 aliphatic rings. The van der Waals surface area contributed by atoms with Gasteiger partial charge in [-0.3, -0.25) is 9.20 Å². The molecule has 5 heteroatoms. The van der Waals surface area contributed by atoms with Gasteiger partial charge in [-0.2, -0.15) is 0 Å². The van der Waals surface area contributed by atoms with E-state index in [1.165, 1.54) is 11.3 Å². The Labute approximate surface area is 126 Å². The van der Waals surface area contributed by atoms with Crippen LogP contribution in [0.3, 0.4) is 0 Å². The van der Waals surface area contributed by atoms with Crippen LogP contribution >= 0.6 is 11.3 Å². The van der Waals surface area contributed by atoms with Crippen molar-refractivity contribution in [2.45, 2.75) is 26.7 Å². The van der Waals surface area contributed by atoms with Crippen molar-refractivity contribution in [3.63, 3.8) is 0 Å². The van der Waals surface area contributed by atoms with Gasteiger partial charge in [-0.25, -0.2) is 0 Å². The van der Waals surface area contributed by atoms with Gasteiger partial charge in [-0.15, -0.1) is 10.2 Å². The minimum absolute atomic E-state index is 0.00366. The lowest BCUT2D eigenvalue weighted by Gasteiger charge is -2.28. The number of rotatable bonds is 1. The Bertz CT molecular complexity index is 845. The first-order valence-electron chi connectivity index (χ1n) is 7.01. The third-order valence-electron chi connectivity index (χ3n) is 3.93. The lowest BCUT2D eigenvalue weighted by atomic mass is 9.78. The number of hydrogen-bond acceptors (Lipinski definition) is 4. The van der Waals surface area contributed by atoms with Gasteiger partial charge in [0, 0.05) is 17.7 Å². The van der Waals surface area contributed by atoms with Gasteiger partial charge in [0.25, 0.3) is 0 Å². The van der Waals surface area contributed by atoms with Crippen molar-refractivity contribution in [1.29, 1.82) is 0 Å². The Hall–Kier alpha value is -2.01. The summed E-state index contributed by atoms with van der Waals surface area (Å²) >= 11 is 1.46. The van der Waals surface area contributed by atoms with Crippen molar-refractivity contribution in [3.8, 4) is 11.4 Å². The zero-order chi connectivity index (χ0) is 14.6. The first-order chi connectivity index (χ1) is 10.1. The fraction of sp³-hybridized carbons (Fsp3) is 0.312. The molecule has 2 heterocycles. The molecule has 0 aliphatic heterocycles. The van der Waals surface area contributed by atoms with Crippen molar-refractivity contribution in [3.05, 3.63) is 40.9 Å². The molecule has 21 heavy (non-hydrogen) atoms. The second-order valence-electron chi connectivity index (χ2n) is 6.33. The number of benzene rings is 1. The molecule has 0 fully saturated rings. The summed E-state index contributed by atoms with van der Waals surface area (Å²) in [6.07, 6.45) is 1.49. The Morgan fingerprint density at radius 2 is 1.90 bits per heavy atom. The van der Waals surface area contributed by atoms with Crippen LogP contribution in [-0.4, -0.2) is 20.4 Å². The number of fused-ring (bicyclic) bond motifs is 3. The average molecular weight is 297 g/mol. The van der Waals surface area contributed by atoms with E-state index in [0.29, 0.717) is 6.42 Å². The predicted molar refractivity (Wildman–Crippen MR) is 82.7 cm³/mol. The number of Topliss-reactive ketones (excluding diaryl/α,β-unsaturated/α-hetero) is 1. The molecule has 0 bridgehead atoms. The summed E-state index contributed by atoms with van der Waals surface area (Å²) < 4.78 is 2.06. The fourth-order valence-corrected chi connectivity index (χ4v) is 4.03. The number of hydrogen-bond donors (Lipinski definition) is 0. The fourth-order valence-electron chi connectivity index (χ4n) is 3.01. The molecule has 0 unspecified atom stereocenters. The summed E-state index contributed by atoms with van der Waals surface area (Å²) in [5.74, 6) is 1.06. The second-order valence-corrected chi connectivity index (χ2v) is 7.30. The van der Waals surface area contributed by atoms with Crippen molar-refractivity contribution in [2.75, 3.05) is 0 Å². The van der Waals surface area contributed by atoms with Gasteiger partial charge in [0.15, 0.2) is 11.6 Å². The van der Waals surface area contributed by atoms with Gasteiger partial charge in [0.1, 0.15) is 0 Å². The van der Waals surface area contributed by atoms with Crippen LogP contribution in [0.15, 0.2) is 30.3 Å². The quantitative estimate of drug-likeness (QED) is 0.689. The van der Waals surface area contributed by atoms with Crippen LogP contribution in [0.5, 0.6) is 0 Å². The van der Waals surface area contributed by atoms with Crippen LogP contribution in [0.1, 0.15) is 35.6 Å². The van der Waals surface area contributed by atoms with E-state index < -0.39 is 0 Å². The Morgan fingerprint density at radius 3 is 2.67 bits per heavy atom. The summed E-state index contributed by atoms with van der Waals surface area (Å²) in [7, 11) is 0. The summed E-state index contributed by atoms with van der Waals surface area (Å²) in [5.41, 5.74) is 2.09. The number of thiazole rings is 1. The molecule has 0 atom stereocenters. The van der Waals surface area contributed by atoms with Gasteiger partial charge in [-0.05, 0) is 11.8 Å². The highest BCUT2D eigenvalue weighted by atomic mass is 32.1. The van der Waals surface area contributed by atoms with E-state index in [-0.39, 0.29) is 11.2 Å². The molecule has 4 nitrogen and oxygen atoms in total. The zero-order valence-electron chi connectivity index (χ0n) is 12.0. The van der Waals surface area contributed by atoms with Crippen molar-refractivity contribution in [2.24, 2.45) is 5.41 Å². The van der Waals surface area contributed by atoms with E-state index in [2.05, 4.69) is 28.4 Å². The molecule has 0 saturated carbocycles. The molecule has 4 rings (SSSR count). The normalized spacial score (nSPS) is 17.1. The van der Waals surface area contributed by atoms with Crippen molar-refractivity contribution >= 4 is 22.1 Å². The molecule has 0 spiro atoms. The maximum Gasteiger partial charge on any atom is 0.217 e. The lowest BCUT2D eigenvalue weighted by Crippen LogP contribution is -2.26. The standard InChI is InChI=1S/C16H15N3OS/c1-16(2)8-11-13(12(20)9-16)21-15-18-17-14(19(11)15)10-6-4-3-5-7-10/h3-7H,8-9H2,1-2H3. The molecule has 0 amide bonds. The maximum absolute atomic E-state index is 12.4. The van der Waals surface area contributed by atoms with Crippen molar-refractivity contribution < 1.29 is 4.79 Å². The molecule has 1 aliphatic carbocycles. The van der Waals surface area contributed by atoms with Crippen molar-refractivity contribution in [1.82, 2.24) is 14.6 Å². The third kappa shape index (κ3) is 1.92. The van der Waals surface area contributed by atoms with E-state index in [1.54, 1.807) is 0 Å². The summed E-state index contributed by atoms with van der Waals surface area (Å²) in [6.45, 7) is 4.29. The molecule has 106 valence electrons. The van der Waals surface area contributed by atoms with Crippen LogP contribution in [0.2, 0.25) is 0 Å².